The molecule has 0 atom stereocenters. The molecule has 5 nitrogen and oxygen atoms in total. The average molecular weight is 311 g/mol. The monoisotopic (exact) mass is 311 g/mol. The second kappa shape index (κ2) is 5.14. The molecule has 0 saturated heterocycles. The third-order valence-corrected chi connectivity index (χ3v) is 5.32. The second-order valence-corrected chi connectivity index (χ2v) is 6.49. The Hall–Kier alpha value is -2.34. The van der Waals surface area contributed by atoms with Gasteiger partial charge in [0, 0.05) is 22.0 Å². The van der Waals surface area contributed by atoms with E-state index in [0.717, 1.165) is 29.2 Å². The number of rotatable bonds is 2. The van der Waals surface area contributed by atoms with Crippen molar-refractivity contribution in [2.75, 3.05) is 0 Å². The van der Waals surface area contributed by atoms with E-state index in [2.05, 4.69) is 10.1 Å². The molecule has 3 aromatic rings. The van der Waals surface area contributed by atoms with E-state index in [0.29, 0.717) is 11.4 Å². The SMILES string of the molecule is O=Cc1ccnc(-n2ncc3c4c(sc3c2=O)CCCC4)c1. The van der Waals surface area contributed by atoms with Crippen molar-refractivity contribution in [3.63, 3.8) is 0 Å². The predicted octanol–water partition coefficient (Wildman–Crippen LogP) is 2.53. The normalized spacial score (nSPS) is 14.0. The Labute approximate surface area is 130 Å². The van der Waals surface area contributed by atoms with Crippen LogP contribution in [-0.4, -0.2) is 21.1 Å². The number of hydrogen-bond donors (Lipinski definition) is 0. The summed E-state index contributed by atoms with van der Waals surface area (Å²) in [6, 6.07) is 3.17. The molecular weight excluding hydrogens is 298 g/mol. The highest BCUT2D eigenvalue weighted by Gasteiger charge is 2.19. The van der Waals surface area contributed by atoms with Gasteiger partial charge in [-0.3, -0.25) is 9.59 Å². The Kier molecular flexibility index (Phi) is 3.11. The summed E-state index contributed by atoms with van der Waals surface area (Å²) in [5.41, 5.74) is 1.61. The fraction of sp³-hybridized carbons (Fsp3) is 0.250. The van der Waals surface area contributed by atoms with E-state index in [1.165, 1.54) is 34.2 Å². The van der Waals surface area contributed by atoms with Crippen LogP contribution >= 0.6 is 11.3 Å². The highest BCUT2D eigenvalue weighted by Crippen LogP contribution is 2.34. The topological polar surface area (TPSA) is 64.8 Å². The number of hydrogen-bond acceptors (Lipinski definition) is 5. The number of thiophene rings is 1. The van der Waals surface area contributed by atoms with Crippen molar-refractivity contribution in [3.05, 3.63) is 50.9 Å². The zero-order valence-electron chi connectivity index (χ0n) is 11.8. The van der Waals surface area contributed by atoms with Gasteiger partial charge in [0.2, 0.25) is 0 Å². The van der Waals surface area contributed by atoms with Gasteiger partial charge in [0.1, 0.15) is 11.0 Å². The molecule has 1 aliphatic rings. The summed E-state index contributed by atoms with van der Waals surface area (Å²) < 4.78 is 2.01. The van der Waals surface area contributed by atoms with Crippen LogP contribution in [0.5, 0.6) is 0 Å². The second-order valence-electron chi connectivity index (χ2n) is 5.38. The first-order valence-electron chi connectivity index (χ1n) is 7.22. The maximum atomic E-state index is 12.7. The van der Waals surface area contributed by atoms with Crippen molar-refractivity contribution >= 4 is 27.7 Å². The van der Waals surface area contributed by atoms with Crippen molar-refractivity contribution in [3.8, 4) is 5.82 Å². The summed E-state index contributed by atoms with van der Waals surface area (Å²) >= 11 is 1.57. The Morgan fingerprint density at radius 2 is 2.14 bits per heavy atom. The Morgan fingerprint density at radius 1 is 1.27 bits per heavy atom. The molecule has 0 amide bonds. The van der Waals surface area contributed by atoms with Crippen LogP contribution in [0.1, 0.15) is 33.6 Å². The molecule has 0 unspecified atom stereocenters. The zero-order chi connectivity index (χ0) is 15.1. The lowest BCUT2D eigenvalue weighted by atomic mass is 9.97. The van der Waals surface area contributed by atoms with Crippen LogP contribution in [0.25, 0.3) is 15.9 Å². The Balaban J connectivity index is 1.94. The van der Waals surface area contributed by atoms with Crippen molar-refractivity contribution < 1.29 is 4.79 Å². The van der Waals surface area contributed by atoms with Gasteiger partial charge in [-0.25, -0.2) is 4.98 Å². The summed E-state index contributed by atoms with van der Waals surface area (Å²) in [4.78, 5) is 29.1. The molecule has 22 heavy (non-hydrogen) atoms. The molecule has 6 heteroatoms. The molecule has 1 aliphatic carbocycles. The average Bonchev–Trinajstić information content (AvgIpc) is 2.95. The minimum atomic E-state index is -0.160. The van der Waals surface area contributed by atoms with E-state index in [1.807, 2.05) is 0 Å². The molecule has 0 saturated carbocycles. The molecule has 0 aliphatic heterocycles. The van der Waals surface area contributed by atoms with E-state index in [1.54, 1.807) is 29.7 Å². The minimum Gasteiger partial charge on any atom is -0.298 e. The van der Waals surface area contributed by atoms with Crippen molar-refractivity contribution in [1.29, 1.82) is 0 Å². The van der Waals surface area contributed by atoms with Crippen LogP contribution in [0.4, 0.5) is 0 Å². The molecule has 0 spiro atoms. The first-order chi connectivity index (χ1) is 10.8. The molecule has 110 valence electrons. The largest absolute Gasteiger partial charge is 0.298 e. The summed E-state index contributed by atoms with van der Waals surface area (Å²) in [6.07, 6.45) is 8.43. The van der Waals surface area contributed by atoms with Crippen molar-refractivity contribution in [2.24, 2.45) is 0 Å². The maximum Gasteiger partial charge on any atom is 0.290 e. The van der Waals surface area contributed by atoms with Crippen LogP contribution in [-0.2, 0) is 12.8 Å². The van der Waals surface area contributed by atoms with Gasteiger partial charge in [-0.1, -0.05) is 0 Å². The molecule has 0 N–H and O–H groups in total. The minimum absolute atomic E-state index is 0.160. The van der Waals surface area contributed by atoms with Gasteiger partial charge < -0.3 is 0 Å². The van der Waals surface area contributed by atoms with Gasteiger partial charge >= 0.3 is 0 Å². The lowest BCUT2D eigenvalue weighted by Gasteiger charge is -2.10. The molecular formula is C16H13N3O2S. The quantitative estimate of drug-likeness (QED) is 0.682. The van der Waals surface area contributed by atoms with E-state index < -0.39 is 0 Å². The number of fused-ring (bicyclic) bond motifs is 3. The number of carbonyl (C=O) groups excluding carboxylic acids is 1. The van der Waals surface area contributed by atoms with Gasteiger partial charge in [-0.05, 0) is 43.4 Å². The number of aryl methyl sites for hydroxylation is 2. The highest BCUT2D eigenvalue weighted by molar-refractivity contribution is 7.19. The molecule has 4 rings (SSSR count). The molecule has 0 aromatic carbocycles. The summed E-state index contributed by atoms with van der Waals surface area (Å²) in [5.74, 6) is 0.378. The third kappa shape index (κ3) is 1.99. The van der Waals surface area contributed by atoms with Gasteiger partial charge in [0.05, 0.1) is 6.20 Å². The number of nitrogens with zero attached hydrogens (tertiary/aromatic N) is 3. The van der Waals surface area contributed by atoms with Crippen molar-refractivity contribution in [1.82, 2.24) is 14.8 Å². The van der Waals surface area contributed by atoms with E-state index in [4.69, 9.17) is 0 Å². The molecule has 3 heterocycles. The fourth-order valence-electron chi connectivity index (χ4n) is 2.94. The lowest BCUT2D eigenvalue weighted by molar-refractivity contribution is 0.112. The summed E-state index contributed by atoms with van der Waals surface area (Å²) in [7, 11) is 0. The standard InChI is InChI=1S/C16H13N3O2S/c20-9-10-5-6-17-14(7-10)19-16(21)15-12(8-18-19)11-3-1-2-4-13(11)22-15/h5-9H,1-4H2. The van der Waals surface area contributed by atoms with E-state index >= 15 is 0 Å². The first kappa shape index (κ1) is 13.3. The Morgan fingerprint density at radius 3 is 3.00 bits per heavy atom. The summed E-state index contributed by atoms with van der Waals surface area (Å²) in [5, 5.41) is 5.24. The van der Waals surface area contributed by atoms with Crippen LogP contribution in [0.2, 0.25) is 0 Å². The first-order valence-corrected chi connectivity index (χ1v) is 8.04. The van der Waals surface area contributed by atoms with Crippen LogP contribution in [0.15, 0.2) is 29.3 Å². The number of carbonyl (C=O) groups is 1. The number of pyridine rings is 1. The van der Waals surface area contributed by atoms with E-state index in [-0.39, 0.29) is 5.56 Å². The van der Waals surface area contributed by atoms with Gasteiger partial charge in [-0.15, -0.1) is 11.3 Å². The van der Waals surface area contributed by atoms with Gasteiger partial charge in [0.25, 0.3) is 5.56 Å². The van der Waals surface area contributed by atoms with Crippen LogP contribution in [0, 0.1) is 0 Å². The predicted molar refractivity (Wildman–Crippen MR) is 85.0 cm³/mol. The third-order valence-electron chi connectivity index (χ3n) is 4.02. The Bertz CT molecular complexity index is 942. The van der Waals surface area contributed by atoms with E-state index in [9.17, 15) is 9.59 Å². The molecule has 0 radical (unpaired) electrons. The number of aromatic nitrogens is 3. The zero-order valence-corrected chi connectivity index (χ0v) is 12.6. The smallest absolute Gasteiger partial charge is 0.290 e. The van der Waals surface area contributed by atoms with Crippen LogP contribution < -0.4 is 5.56 Å². The lowest BCUT2D eigenvalue weighted by Crippen LogP contribution is -2.21. The molecule has 3 aromatic heterocycles. The fourth-order valence-corrected chi connectivity index (χ4v) is 4.22. The van der Waals surface area contributed by atoms with Crippen molar-refractivity contribution in [2.45, 2.75) is 25.7 Å². The van der Waals surface area contributed by atoms with Gasteiger partial charge in [0.15, 0.2) is 5.82 Å². The molecule has 0 fully saturated rings. The highest BCUT2D eigenvalue weighted by atomic mass is 32.1. The van der Waals surface area contributed by atoms with Gasteiger partial charge in [-0.2, -0.15) is 9.78 Å². The molecule has 0 bridgehead atoms. The summed E-state index contributed by atoms with van der Waals surface area (Å²) in [6.45, 7) is 0. The van der Waals surface area contributed by atoms with Crippen LogP contribution in [0.3, 0.4) is 0 Å². The maximum absolute atomic E-state index is 12.7. The number of aldehydes is 1.